The first-order valence-corrected chi connectivity index (χ1v) is 10.9. The van der Waals surface area contributed by atoms with Gasteiger partial charge in [-0.25, -0.2) is 6.08 Å². The molecule has 1 atom stereocenters. The van der Waals surface area contributed by atoms with Crippen LogP contribution in [-0.4, -0.2) is 33.6 Å². The van der Waals surface area contributed by atoms with Crippen LogP contribution in [0.1, 0.15) is 40.2 Å². The molecule has 2 rings (SSSR count). The Labute approximate surface area is 207 Å². The first-order valence-electron chi connectivity index (χ1n) is 8.49. The third kappa shape index (κ3) is 14.1. The van der Waals surface area contributed by atoms with Gasteiger partial charge in [-0.2, -0.15) is 11.6 Å². The van der Waals surface area contributed by atoms with E-state index in [0.29, 0.717) is 10.9 Å². The second kappa shape index (κ2) is 16.9. The van der Waals surface area contributed by atoms with Crippen LogP contribution in [0.4, 0.5) is 0 Å². The van der Waals surface area contributed by atoms with E-state index in [0.717, 1.165) is 15.1 Å². The molecule has 0 saturated carbocycles. The zero-order valence-electron chi connectivity index (χ0n) is 18.5. The van der Waals surface area contributed by atoms with Gasteiger partial charge >= 0.3 is 0 Å². The van der Waals surface area contributed by atoms with Crippen molar-refractivity contribution in [1.82, 2.24) is 4.90 Å². The monoisotopic (exact) mass is 498 g/mol. The van der Waals surface area contributed by atoms with Crippen LogP contribution < -0.4 is 0 Å². The van der Waals surface area contributed by atoms with Gasteiger partial charge in [-0.3, -0.25) is 0 Å². The van der Waals surface area contributed by atoms with E-state index in [1.165, 1.54) is 17.3 Å². The molecule has 7 heteroatoms. The number of allylic oxidation sites excluding steroid dienone is 3. The Morgan fingerprint density at radius 3 is 1.82 bits per heavy atom. The number of rotatable bonds is 1. The number of halogens is 3. The summed E-state index contributed by atoms with van der Waals surface area (Å²) in [6, 6.07) is 5.16. The number of likely N-dealkylation sites (N-methyl/N-ethyl adjacent to an activating group) is 1. The van der Waals surface area contributed by atoms with E-state index in [2.05, 4.69) is 64.8 Å². The summed E-state index contributed by atoms with van der Waals surface area (Å²) in [7, 11) is 5.17. The summed E-state index contributed by atoms with van der Waals surface area (Å²) in [5, 5.41) is 9.86. The molecule has 0 saturated heterocycles. The average molecular weight is 500 g/mol. The van der Waals surface area contributed by atoms with E-state index in [4.69, 9.17) is 11.6 Å². The largest absolute Gasteiger partial charge is 0.508 e. The van der Waals surface area contributed by atoms with Crippen LogP contribution in [-0.2, 0) is 27.1 Å². The summed E-state index contributed by atoms with van der Waals surface area (Å²) in [6.07, 6.45) is 5.54. The molecule has 1 aromatic carbocycles. The van der Waals surface area contributed by atoms with E-state index in [-0.39, 0.29) is 57.7 Å². The van der Waals surface area contributed by atoms with Gasteiger partial charge in [0.15, 0.2) is 0 Å². The van der Waals surface area contributed by atoms with Crippen molar-refractivity contribution in [3.8, 4) is 5.75 Å². The van der Waals surface area contributed by atoms with Crippen LogP contribution in [0.2, 0.25) is 18.1 Å². The number of aromatic hydroxyl groups is 1. The van der Waals surface area contributed by atoms with E-state index >= 15 is 0 Å². The molecule has 0 spiro atoms. The molecule has 0 heterocycles. The normalized spacial score (nSPS) is 14.3. The summed E-state index contributed by atoms with van der Waals surface area (Å²) < 4.78 is 0. The third-order valence-corrected chi connectivity index (χ3v) is 3.86. The summed E-state index contributed by atoms with van der Waals surface area (Å²) in [5.74, 6) is 0.741. The van der Waals surface area contributed by atoms with Crippen molar-refractivity contribution in [1.29, 1.82) is 0 Å². The molecule has 0 amide bonds. The topological polar surface area (TPSA) is 23.5 Å². The quantitative estimate of drug-likeness (QED) is 0.339. The predicted octanol–water partition coefficient (Wildman–Crippen LogP) is 6.80. The maximum Gasteiger partial charge on any atom is 0.117 e. The third-order valence-electron chi connectivity index (χ3n) is 3.64. The smallest absolute Gasteiger partial charge is 0.117 e. The molecule has 0 aromatic heterocycles. The Morgan fingerprint density at radius 1 is 1.11 bits per heavy atom. The predicted molar refractivity (Wildman–Crippen MR) is 127 cm³/mol. The fourth-order valence-corrected chi connectivity index (χ4v) is 2.21. The SMILES string of the molecule is CC(C)(C)c1cc(O)cc(Cl)c1.CC1=CC(N(C)C)=[C-]C1C.C[Si]C.Cl.Cl.[Ti]. The van der Waals surface area contributed by atoms with Gasteiger partial charge < -0.3 is 10.0 Å². The van der Waals surface area contributed by atoms with Crippen LogP contribution in [0.25, 0.3) is 0 Å². The van der Waals surface area contributed by atoms with E-state index in [1.807, 2.05) is 20.2 Å². The van der Waals surface area contributed by atoms with E-state index in [9.17, 15) is 5.11 Å². The first kappa shape index (κ1) is 35.5. The molecule has 1 aromatic rings. The van der Waals surface area contributed by atoms with Gasteiger partial charge in [-0.15, -0.1) is 30.5 Å². The van der Waals surface area contributed by atoms with Gasteiger partial charge in [0.2, 0.25) is 0 Å². The summed E-state index contributed by atoms with van der Waals surface area (Å²) >= 11 is 5.80. The van der Waals surface area contributed by atoms with Gasteiger partial charge in [-0.05, 0) is 29.2 Å². The van der Waals surface area contributed by atoms with Crippen LogP contribution in [0.5, 0.6) is 5.75 Å². The number of hydrogen-bond acceptors (Lipinski definition) is 2. The molecule has 2 radical (unpaired) electrons. The Kier molecular flexibility index (Phi) is 21.4. The molecule has 0 fully saturated rings. The van der Waals surface area contributed by atoms with Crippen LogP contribution >= 0.6 is 36.4 Å². The van der Waals surface area contributed by atoms with Crippen molar-refractivity contribution in [2.75, 3.05) is 14.1 Å². The second-order valence-corrected chi connectivity index (χ2v) is 8.92. The molecule has 1 unspecified atom stereocenters. The zero-order valence-corrected chi connectivity index (χ0v) is 23.4. The molecular weight excluding hydrogens is 465 g/mol. The van der Waals surface area contributed by atoms with E-state index in [1.54, 1.807) is 6.07 Å². The van der Waals surface area contributed by atoms with Crippen LogP contribution in [0.3, 0.4) is 0 Å². The van der Waals surface area contributed by atoms with Gasteiger partial charge in [-0.1, -0.05) is 65.2 Å². The van der Waals surface area contributed by atoms with Crippen molar-refractivity contribution < 1.29 is 26.8 Å². The van der Waals surface area contributed by atoms with Crippen molar-refractivity contribution in [2.45, 2.75) is 53.1 Å². The summed E-state index contributed by atoms with van der Waals surface area (Å²) in [4.78, 5) is 2.09. The second-order valence-electron chi connectivity index (χ2n) is 7.48. The fraction of sp³-hybridized carbons (Fsp3) is 0.524. The first-order chi connectivity index (χ1) is 11.4. The van der Waals surface area contributed by atoms with E-state index < -0.39 is 0 Å². The molecule has 28 heavy (non-hydrogen) atoms. The minimum atomic E-state index is 0. The number of benzene rings is 1. The molecule has 160 valence electrons. The average Bonchev–Trinajstić information content (AvgIpc) is 2.78. The van der Waals surface area contributed by atoms with Gasteiger partial charge in [0.1, 0.15) is 5.75 Å². The van der Waals surface area contributed by atoms with Crippen molar-refractivity contribution >= 4 is 45.9 Å². The fourth-order valence-electron chi connectivity index (χ4n) is 1.98. The van der Waals surface area contributed by atoms with Crippen molar-refractivity contribution in [3.05, 3.63) is 52.2 Å². The Morgan fingerprint density at radius 2 is 1.57 bits per heavy atom. The Balaban J connectivity index is -0.000000166. The molecule has 1 aliphatic carbocycles. The molecular formula is C21H35Cl3NOSiTi-. The zero-order chi connectivity index (χ0) is 19.8. The summed E-state index contributed by atoms with van der Waals surface area (Å²) in [5.41, 5.74) is 3.70. The number of phenols is 1. The maximum absolute atomic E-state index is 9.27. The molecule has 1 aliphatic rings. The Bertz CT molecular complexity index is 594. The van der Waals surface area contributed by atoms with Crippen LogP contribution in [0.15, 0.2) is 35.5 Å². The standard InChI is InChI=1S/C10H13ClO.C9H14N.C2H6Si.2ClH.Ti/c1-10(2,3)7-4-8(11)6-9(12)5-7;1-7-5-9(10(3)4)6-8(7)2;1-3-2;;;/h4-6,12H,1-3H3;5,8H,1-4H3;1-2H3;2*1H;/q;-1;;;;. The molecule has 1 N–H and O–H groups in total. The van der Waals surface area contributed by atoms with Crippen molar-refractivity contribution in [3.63, 3.8) is 0 Å². The van der Waals surface area contributed by atoms with Gasteiger partial charge in [0, 0.05) is 50.4 Å². The minimum absolute atomic E-state index is 0. The number of nitrogens with zero attached hydrogens (tertiary/aromatic N) is 1. The van der Waals surface area contributed by atoms with Gasteiger partial charge in [0.25, 0.3) is 0 Å². The minimum Gasteiger partial charge on any atom is -0.508 e. The maximum atomic E-state index is 9.27. The molecule has 2 nitrogen and oxygen atoms in total. The Hall–Kier alpha value is 0.101. The van der Waals surface area contributed by atoms with Crippen molar-refractivity contribution in [2.24, 2.45) is 5.92 Å². The summed E-state index contributed by atoms with van der Waals surface area (Å²) in [6.45, 7) is 14.9. The number of phenolic OH excluding ortho intramolecular Hbond substituents is 1. The molecule has 0 aliphatic heterocycles. The van der Waals surface area contributed by atoms with Gasteiger partial charge in [0.05, 0.1) is 0 Å². The van der Waals surface area contributed by atoms with Crippen LogP contribution in [0, 0.1) is 12.0 Å². The molecule has 0 bridgehead atoms. The number of hydrogen-bond donors (Lipinski definition) is 1.